The van der Waals surface area contributed by atoms with E-state index in [1.54, 1.807) is 0 Å². The Balaban J connectivity index is 2.48. The van der Waals surface area contributed by atoms with Crippen molar-refractivity contribution in [2.24, 2.45) is 0 Å². The van der Waals surface area contributed by atoms with Crippen LogP contribution in [0, 0.1) is 11.6 Å². The summed E-state index contributed by atoms with van der Waals surface area (Å²) in [5, 5.41) is 0. The molecule has 1 aliphatic carbocycles. The fraction of sp³-hybridized carbons (Fsp3) is 0.167. The van der Waals surface area contributed by atoms with Crippen molar-refractivity contribution in [2.75, 3.05) is 0 Å². The first-order chi connectivity index (χ1) is 10.1. The molecule has 3 rings (SSSR count). The third-order valence-corrected chi connectivity index (χ3v) is 7.28. The van der Waals surface area contributed by atoms with Crippen LogP contribution in [0.3, 0.4) is 0 Å². The lowest BCUT2D eigenvalue weighted by molar-refractivity contribution is 0.244. The van der Waals surface area contributed by atoms with Gasteiger partial charge >= 0.3 is 0 Å². The minimum Gasteiger partial charge on any atom is -0.239 e. The molecule has 0 fully saturated rings. The van der Waals surface area contributed by atoms with Gasteiger partial charge in [0.2, 0.25) is 19.7 Å². The van der Waals surface area contributed by atoms with Gasteiger partial charge in [0.15, 0.2) is 24.0 Å². The zero-order valence-electron chi connectivity index (χ0n) is 10.4. The molecule has 10 heteroatoms. The molecule has 0 saturated heterocycles. The molecule has 1 aliphatic heterocycles. The van der Waals surface area contributed by atoms with Crippen LogP contribution >= 0.6 is 0 Å². The van der Waals surface area contributed by atoms with Crippen LogP contribution in [0.25, 0.3) is 0 Å². The van der Waals surface area contributed by atoms with Crippen LogP contribution < -0.4 is 0 Å². The lowest BCUT2D eigenvalue weighted by atomic mass is 10.1. The molecular formula is C12H6F4O4S2. The summed E-state index contributed by atoms with van der Waals surface area (Å²) in [5.41, 5.74) is 0. The normalized spacial score (nSPS) is 28.2. The Hall–Kier alpha value is -1.68. The molecule has 118 valence electrons. The van der Waals surface area contributed by atoms with Crippen molar-refractivity contribution < 1.29 is 34.4 Å². The molecule has 2 unspecified atom stereocenters. The Morgan fingerprint density at radius 1 is 0.727 bits per heavy atom. The monoisotopic (exact) mass is 354 g/mol. The first kappa shape index (κ1) is 15.2. The maximum absolute atomic E-state index is 13.4. The van der Waals surface area contributed by atoms with Crippen LogP contribution in [0.15, 0.2) is 43.9 Å². The van der Waals surface area contributed by atoms with Crippen molar-refractivity contribution in [1.82, 2.24) is 0 Å². The lowest BCUT2D eigenvalue weighted by Crippen LogP contribution is -2.29. The average molecular weight is 354 g/mol. The first-order valence-electron chi connectivity index (χ1n) is 5.78. The molecule has 0 bridgehead atoms. The average Bonchev–Trinajstić information content (AvgIpc) is 2.42. The van der Waals surface area contributed by atoms with Gasteiger partial charge in [0.25, 0.3) is 0 Å². The predicted molar refractivity (Wildman–Crippen MR) is 66.7 cm³/mol. The molecule has 1 heterocycles. The molecule has 1 aromatic rings. The topological polar surface area (TPSA) is 68.3 Å². The van der Waals surface area contributed by atoms with E-state index in [4.69, 9.17) is 0 Å². The summed E-state index contributed by atoms with van der Waals surface area (Å²) in [5.74, 6) is -3.14. The van der Waals surface area contributed by atoms with Gasteiger partial charge in [-0.1, -0.05) is 0 Å². The van der Waals surface area contributed by atoms with Gasteiger partial charge in [0.1, 0.15) is 0 Å². The van der Waals surface area contributed by atoms with Gasteiger partial charge in [0.05, 0.1) is 19.6 Å². The summed E-state index contributed by atoms with van der Waals surface area (Å²) >= 11 is 0. The van der Waals surface area contributed by atoms with Gasteiger partial charge in [-0.2, -0.15) is 0 Å². The van der Waals surface area contributed by atoms with Crippen LogP contribution in [0.5, 0.6) is 0 Å². The Bertz CT molecular complexity index is 882. The van der Waals surface area contributed by atoms with E-state index in [2.05, 4.69) is 0 Å². The van der Waals surface area contributed by atoms with Crippen molar-refractivity contribution in [2.45, 2.75) is 22.1 Å². The van der Waals surface area contributed by atoms with Crippen molar-refractivity contribution in [3.05, 3.63) is 45.7 Å². The van der Waals surface area contributed by atoms with E-state index in [0.29, 0.717) is 12.2 Å². The van der Waals surface area contributed by atoms with E-state index in [9.17, 15) is 34.4 Å². The summed E-state index contributed by atoms with van der Waals surface area (Å²) in [6.07, 6.45) is -4.07. The summed E-state index contributed by atoms with van der Waals surface area (Å²) in [7, 11) is -9.22. The predicted octanol–water partition coefficient (Wildman–Crippen LogP) is 1.98. The SMILES string of the molecule is O=S1(=O)C2=CC(F)C(F)C=C2S(=O)(=O)c2cc(F)c(F)cc21. The van der Waals surface area contributed by atoms with Crippen LogP contribution in [0.2, 0.25) is 0 Å². The van der Waals surface area contributed by atoms with Gasteiger partial charge in [-0.15, -0.1) is 0 Å². The van der Waals surface area contributed by atoms with Crippen LogP contribution in [0.1, 0.15) is 0 Å². The minimum atomic E-state index is -4.61. The number of sulfone groups is 2. The maximum Gasteiger partial charge on any atom is 0.209 e. The standard InChI is InChI=1S/C12H6F4O4S2/c13-5-1-9-10(2-6(5)14)22(19,20)12-4-8(16)7(15)3-11(12)21(9,17)18/h1-6H. The molecule has 1 aromatic carbocycles. The number of allylic oxidation sites excluding steroid dienone is 2. The smallest absolute Gasteiger partial charge is 0.209 e. The van der Waals surface area contributed by atoms with E-state index < -0.39 is 63.3 Å². The van der Waals surface area contributed by atoms with Gasteiger partial charge in [-0.05, 0) is 24.3 Å². The number of fused-ring (bicyclic) bond motifs is 2. The highest BCUT2D eigenvalue weighted by Gasteiger charge is 2.46. The Morgan fingerprint density at radius 2 is 1.05 bits per heavy atom. The van der Waals surface area contributed by atoms with Crippen LogP contribution in [-0.2, 0) is 19.7 Å². The minimum absolute atomic E-state index is 0.212. The van der Waals surface area contributed by atoms with Crippen molar-refractivity contribution >= 4 is 19.7 Å². The third-order valence-electron chi connectivity index (χ3n) is 3.31. The summed E-state index contributed by atoms with van der Waals surface area (Å²) < 4.78 is 102. The van der Waals surface area contributed by atoms with E-state index in [0.717, 1.165) is 0 Å². The van der Waals surface area contributed by atoms with E-state index in [1.807, 2.05) is 0 Å². The molecular weight excluding hydrogens is 348 g/mol. The third kappa shape index (κ3) is 1.86. The largest absolute Gasteiger partial charge is 0.239 e. The molecule has 0 amide bonds. The van der Waals surface area contributed by atoms with E-state index >= 15 is 0 Å². The highest BCUT2D eigenvalue weighted by atomic mass is 32.2. The highest BCUT2D eigenvalue weighted by Crippen LogP contribution is 2.44. The van der Waals surface area contributed by atoms with E-state index in [-0.39, 0.29) is 12.1 Å². The Kier molecular flexibility index (Phi) is 3.06. The molecule has 0 saturated carbocycles. The molecule has 2 aliphatic rings. The van der Waals surface area contributed by atoms with Gasteiger partial charge in [0, 0.05) is 0 Å². The van der Waals surface area contributed by atoms with Gasteiger partial charge < -0.3 is 0 Å². The molecule has 0 spiro atoms. The Morgan fingerprint density at radius 3 is 1.36 bits per heavy atom. The number of halogens is 4. The number of alkyl halides is 2. The second-order valence-electron chi connectivity index (χ2n) is 4.67. The van der Waals surface area contributed by atoms with Crippen molar-refractivity contribution in [1.29, 1.82) is 0 Å². The number of rotatable bonds is 0. The number of hydrogen-bond donors (Lipinski definition) is 0. The van der Waals surface area contributed by atoms with Crippen molar-refractivity contribution in [3.63, 3.8) is 0 Å². The quantitative estimate of drug-likeness (QED) is 0.528. The zero-order valence-corrected chi connectivity index (χ0v) is 12.1. The summed E-state index contributed by atoms with van der Waals surface area (Å²) in [6, 6.07) is 0.424. The van der Waals surface area contributed by atoms with Crippen LogP contribution in [0.4, 0.5) is 17.6 Å². The zero-order chi connectivity index (χ0) is 16.4. The summed E-state index contributed by atoms with van der Waals surface area (Å²) in [6.45, 7) is 0. The van der Waals surface area contributed by atoms with Gasteiger partial charge in [-0.3, -0.25) is 0 Å². The molecule has 0 N–H and O–H groups in total. The summed E-state index contributed by atoms with van der Waals surface area (Å²) in [4.78, 5) is -3.93. The molecule has 4 nitrogen and oxygen atoms in total. The Labute approximate surface area is 122 Å². The molecule has 0 aromatic heterocycles. The maximum atomic E-state index is 13.4. The van der Waals surface area contributed by atoms with E-state index in [1.165, 1.54) is 0 Å². The molecule has 0 radical (unpaired) electrons. The first-order valence-corrected chi connectivity index (χ1v) is 8.75. The van der Waals surface area contributed by atoms with Crippen LogP contribution in [-0.4, -0.2) is 29.2 Å². The second-order valence-corrected chi connectivity index (χ2v) is 8.44. The number of hydrogen-bond acceptors (Lipinski definition) is 4. The van der Waals surface area contributed by atoms with Crippen molar-refractivity contribution in [3.8, 4) is 0 Å². The lowest BCUT2D eigenvalue weighted by Gasteiger charge is -2.26. The van der Waals surface area contributed by atoms with Gasteiger partial charge in [-0.25, -0.2) is 34.4 Å². The second kappa shape index (κ2) is 4.42. The molecule has 2 atom stereocenters. The fourth-order valence-corrected chi connectivity index (χ4v) is 6.49. The number of benzene rings is 1. The fourth-order valence-electron chi connectivity index (χ4n) is 2.25. The molecule has 22 heavy (non-hydrogen) atoms. The highest BCUT2D eigenvalue weighted by molar-refractivity contribution is 8.03.